The first-order chi connectivity index (χ1) is 9.56. The average Bonchev–Trinajstić information content (AvgIpc) is 2.45. The minimum absolute atomic E-state index is 0.244. The monoisotopic (exact) mass is 276 g/mol. The number of nitrogens with zero attached hydrogens (tertiary/aromatic N) is 2. The highest BCUT2D eigenvalue weighted by atomic mass is 16.5. The van der Waals surface area contributed by atoms with Crippen molar-refractivity contribution in [1.29, 1.82) is 5.26 Å². The van der Waals surface area contributed by atoms with Gasteiger partial charge in [-0.25, -0.2) is 0 Å². The molecule has 0 aliphatic carbocycles. The SMILES string of the molecule is COc1ccc(CCN(CC#N)CC(C)C(=O)O)cc1. The Morgan fingerprint density at radius 1 is 1.45 bits per heavy atom. The molecule has 0 spiro atoms. The zero-order valence-corrected chi connectivity index (χ0v) is 11.9. The van der Waals surface area contributed by atoms with E-state index in [0.717, 1.165) is 17.7 Å². The minimum Gasteiger partial charge on any atom is -0.497 e. The smallest absolute Gasteiger partial charge is 0.307 e. The van der Waals surface area contributed by atoms with Gasteiger partial charge in [-0.2, -0.15) is 5.26 Å². The van der Waals surface area contributed by atoms with Crippen LogP contribution >= 0.6 is 0 Å². The number of methoxy groups -OCH3 is 1. The summed E-state index contributed by atoms with van der Waals surface area (Å²) in [5.74, 6) is -0.501. The van der Waals surface area contributed by atoms with Crippen LogP contribution in [0.15, 0.2) is 24.3 Å². The maximum Gasteiger partial charge on any atom is 0.307 e. The van der Waals surface area contributed by atoms with Gasteiger partial charge in [-0.15, -0.1) is 0 Å². The van der Waals surface area contributed by atoms with Crippen LogP contribution in [-0.2, 0) is 11.2 Å². The number of hydrogen-bond donors (Lipinski definition) is 1. The summed E-state index contributed by atoms with van der Waals surface area (Å²) in [6, 6.07) is 9.82. The fraction of sp³-hybridized carbons (Fsp3) is 0.467. The molecule has 0 aliphatic rings. The van der Waals surface area contributed by atoms with E-state index in [-0.39, 0.29) is 6.54 Å². The molecule has 0 bridgehead atoms. The van der Waals surface area contributed by atoms with Crippen LogP contribution in [0.3, 0.4) is 0 Å². The largest absolute Gasteiger partial charge is 0.497 e. The van der Waals surface area contributed by atoms with E-state index >= 15 is 0 Å². The topological polar surface area (TPSA) is 73.6 Å². The number of rotatable bonds is 8. The van der Waals surface area contributed by atoms with Crippen LogP contribution in [0.4, 0.5) is 0 Å². The van der Waals surface area contributed by atoms with Crippen molar-refractivity contribution in [2.75, 3.05) is 26.7 Å². The molecule has 1 aromatic carbocycles. The summed E-state index contributed by atoms with van der Waals surface area (Å²) in [5.41, 5.74) is 1.14. The summed E-state index contributed by atoms with van der Waals surface area (Å²) in [7, 11) is 1.62. The molecule has 5 nitrogen and oxygen atoms in total. The first-order valence-corrected chi connectivity index (χ1v) is 6.52. The molecule has 0 fully saturated rings. The lowest BCUT2D eigenvalue weighted by atomic mass is 10.1. The molecule has 1 rings (SSSR count). The number of carboxylic acids is 1. The lowest BCUT2D eigenvalue weighted by Crippen LogP contribution is -2.33. The van der Waals surface area contributed by atoms with Crippen LogP contribution in [-0.4, -0.2) is 42.7 Å². The Labute approximate surface area is 119 Å². The van der Waals surface area contributed by atoms with E-state index in [4.69, 9.17) is 15.1 Å². The molecule has 1 atom stereocenters. The van der Waals surface area contributed by atoms with Gasteiger partial charge >= 0.3 is 5.97 Å². The van der Waals surface area contributed by atoms with Crippen LogP contribution in [0, 0.1) is 17.2 Å². The van der Waals surface area contributed by atoms with Gasteiger partial charge < -0.3 is 9.84 Å². The third kappa shape index (κ3) is 5.29. The van der Waals surface area contributed by atoms with E-state index < -0.39 is 11.9 Å². The highest BCUT2D eigenvalue weighted by Gasteiger charge is 2.15. The second-order valence-corrected chi connectivity index (χ2v) is 4.73. The van der Waals surface area contributed by atoms with Crippen LogP contribution in [0.2, 0.25) is 0 Å². The minimum atomic E-state index is -0.836. The summed E-state index contributed by atoms with van der Waals surface area (Å²) in [6.07, 6.45) is 0.776. The maximum absolute atomic E-state index is 10.9. The number of nitriles is 1. The first kappa shape index (κ1) is 16.0. The van der Waals surface area contributed by atoms with Crippen molar-refractivity contribution in [2.45, 2.75) is 13.3 Å². The highest BCUT2D eigenvalue weighted by molar-refractivity contribution is 5.69. The van der Waals surface area contributed by atoms with Crippen LogP contribution in [0.25, 0.3) is 0 Å². The summed E-state index contributed by atoms with van der Waals surface area (Å²) < 4.78 is 5.09. The second kappa shape index (κ2) is 8.18. The molecule has 0 aliphatic heterocycles. The second-order valence-electron chi connectivity index (χ2n) is 4.73. The first-order valence-electron chi connectivity index (χ1n) is 6.52. The highest BCUT2D eigenvalue weighted by Crippen LogP contribution is 2.12. The Hall–Kier alpha value is -2.06. The van der Waals surface area contributed by atoms with Gasteiger partial charge in [-0.1, -0.05) is 19.1 Å². The van der Waals surface area contributed by atoms with Gasteiger partial charge in [-0.05, 0) is 24.1 Å². The molecular weight excluding hydrogens is 256 g/mol. The van der Waals surface area contributed by atoms with E-state index in [1.165, 1.54) is 0 Å². The van der Waals surface area contributed by atoms with Crippen molar-refractivity contribution in [1.82, 2.24) is 4.90 Å². The molecule has 0 heterocycles. The van der Waals surface area contributed by atoms with Gasteiger partial charge in [0, 0.05) is 13.1 Å². The van der Waals surface area contributed by atoms with Crippen molar-refractivity contribution in [3.63, 3.8) is 0 Å². The van der Waals surface area contributed by atoms with Crippen LogP contribution in [0.5, 0.6) is 5.75 Å². The molecule has 5 heteroatoms. The van der Waals surface area contributed by atoms with E-state index in [2.05, 4.69) is 6.07 Å². The molecular formula is C15H20N2O3. The number of ether oxygens (including phenoxy) is 1. The van der Waals surface area contributed by atoms with Crippen molar-refractivity contribution in [3.8, 4) is 11.8 Å². The number of hydrogen-bond acceptors (Lipinski definition) is 4. The fourth-order valence-electron chi connectivity index (χ4n) is 1.88. The molecule has 1 aromatic rings. The number of benzene rings is 1. The van der Waals surface area contributed by atoms with Gasteiger partial charge in [0.05, 0.1) is 25.6 Å². The Bertz CT molecular complexity index is 465. The van der Waals surface area contributed by atoms with Crippen molar-refractivity contribution in [2.24, 2.45) is 5.92 Å². The lowest BCUT2D eigenvalue weighted by Gasteiger charge is -2.21. The Balaban J connectivity index is 2.53. The number of carboxylic acid groups (broad SMARTS) is 1. The lowest BCUT2D eigenvalue weighted by molar-refractivity contribution is -0.141. The quantitative estimate of drug-likeness (QED) is 0.733. The zero-order chi connectivity index (χ0) is 15.0. The molecule has 0 saturated carbocycles. The fourth-order valence-corrected chi connectivity index (χ4v) is 1.88. The van der Waals surface area contributed by atoms with Crippen molar-refractivity contribution < 1.29 is 14.6 Å². The van der Waals surface area contributed by atoms with E-state index in [1.54, 1.807) is 14.0 Å². The molecule has 0 radical (unpaired) electrons. The maximum atomic E-state index is 10.9. The Morgan fingerprint density at radius 3 is 2.60 bits per heavy atom. The third-order valence-electron chi connectivity index (χ3n) is 3.12. The standard InChI is InChI=1S/C15H20N2O3/c1-12(15(18)19)11-17(10-8-16)9-7-13-3-5-14(20-2)6-4-13/h3-6,12H,7,9-11H2,1-2H3,(H,18,19). The summed E-state index contributed by atoms with van der Waals surface area (Å²) in [5, 5.41) is 17.7. The van der Waals surface area contributed by atoms with Gasteiger partial charge in [0.25, 0.3) is 0 Å². The zero-order valence-electron chi connectivity index (χ0n) is 11.9. The normalized spacial score (nSPS) is 11.9. The molecule has 1 unspecified atom stereocenters. The summed E-state index contributed by atoms with van der Waals surface area (Å²) in [4.78, 5) is 12.7. The van der Waals surface area contributed by atoms with Crippen molar-refractivity contribution >= 4 is 5.97 Å². The van der Waals surface area contributed by atoms with Crippen LogP contribution < -0.4 is 4.74 Å². The average molecular weight is 276 g/mol. The molecule has 1 N–H and O–H groups in total. The van der Waals surface area contributed by atoms with E-state index in [9.17, 15) is 4.79 Å². The predicted molar refractivity (Wildman–Crippen MR) is 75.6 cm³/mol. The van der Waals surface area contributed by atoms with Gasteiger partial charge in [0.1, 0.15) is 5.75 Å². The van der Waals surface area contributed by atoms with E-state index in [1.807, 2.05) is 29.2 Å². The van der Waals surface area contributed by atoms with Gasteiger partial charge in [0.2, 0.25) is 0 Å². The van der Waals surface area contributed by atoms with Gasteiger partial charge in [0.15, 0.2) is 0 Å². The Kier molecular flexibility index (Phi) is 6.54. The molecule has 0 amide bonds. The third-order valence-corrected chi connectivity index (χ3v) is 3.12. The number of carbonyl (C=O) groups is 1. The summed E-state index contributed by atoms with van der Waals surface area (Å²) in [6.45, 7) is 2.95. The molecule has 0 aromatic heterocycles. The Morgan fingerprint density at radius 2 is 2.10 bits per heavy atom. The van der Waals surface area contributed by atoms with Crippen LogP contribution in [0.1, 0.15) is 12.5 Å². The molecule has 108 valence electrons. The molecule has 0 saturated heterocycles. The number of aliphatic carboxylic acids is 1. The molecule has 20 heavy (non-hydrogen) atoms. The van der Waals surface area contributed by atoms with Crippen molar-refractivity contribution in [3.05, 3.63) is 29.8 Å². The summed E-state index contributed by atoms with van der Waals surface area (Å²) >= 11 is 0. The van der Waals surface area contributed by atoms with E-state index in [0.29, 0.717) is 13.1 Å². The van der Waals surface area contributed by atoms with Gasteiger partial charge in [-0.3, -0.25) is 9.69 Å². The predicted octanol–water partition coefficient (Wildman–Crippen LogP) is 1.78.